The predicted octanol–water partition coefficient (Wildman–Crippen LogP) is 8.40. The summed E-state index contributed by atoms with van der Waals surface area (Å²) in [5, 5.41) is 6.49. The Kier molecular flexibility index (Phi) is 9.03. The van der Waals surface area contributed by atoms with Gasteiger partial charge in [-0.2, -0.15) is 5.10 Å². The fourth-order valence-corrected chi connectivity index (χ4v) is 4.22. The molecule has 198 valence electrons. The van der Waals surface area contributed by atoms with Crippen molar-refractivity contribution in [3.63, 3.8) is 0 Å². The maximum Gasteiger partial charge on any atom is 0.119 e. The van der Waals surface area contributed by atoms with E-state index in [9.17, 15) is 0 Å². The third kappa shape index (κ3) is 7.49. The Hall–Kier alpha value is -5.09. The average Bonchev–Trinajstić information content (AvgIpc) is 3.03. The zero-order chi connectivity index (χ0) is 27.4. The van der Waals surface area contributed by atoms with Gasteiger partial charge in [0.15, 0.2) is 0 Å². The molecule has 5 aromatic rings. The molecule has 0 saturated heterocycles. The summed E-state index contributed by atoms with van der Waals surface area (Å²) in [5.74, 6) is 1.66. The Morgan fingerprint density at radius 3 is 1.45 bits per heavy atom. The van der Waals surface area contributed by atoms with Gasteiger partial charge >= 0.3 is 0 Å². The number of hydrogen-bond acceptors (Lipinski definition) is 4. The molecule has 0 spiro atoms. The summed E-state index contributed by atoms with van der Waals surface area (Å²) in [6.45, 7) is 1.07. The molecule has 0 bridgehead atoms. The molecule has 0 N–H and O–H groups in total. The van der Waals surface area contributed by atoms with Crippen molar-refractivity contribution in [1.29, 1.82) is 0 Å². The summed E-state index contributed by atoms with van der Waals surface area (Å²) in [6, 6.07) is 46.8. The van der Waals surface area contributed by atoms with E-state index < -0.39 is 0 Å². The van der Waals surface area contributed by atoms with Crippen molar-refractivity contribution in [2.75, 3.05) is 12.1 Å². The molecule has 4 nitrogen and oxygen atoms in total. The van der Waals surface area contributed by atoms with Crippen LogP contribution >= 0.6 is 0 Å². The summed E-state index contributed by atoms with van der Waals surface area (Å²) in [5.41, 5.74) is 6.49. The molecule has 0 amide bonds. The summed E-state index contributed by atoms with van der Waals surface area (Å²) < 4.78 is 12.0. The number of allylic oxidation sites excluding steroid dienone is 1. The van der Waals surface area contributed by atoms with Crippen LogP contribution in [0.4, 0.5) is 5.69 Å². The second kappa shape index (κ2) is 13.6. The van der Waals surface area contributed by atoms with Crippen LogP contribution in [0, 0.1) is 0 Å². The molecule has 0 aliphatic heterocycles. The Balaban J connectivity index is 1.34. The molecular weight excluding hydrogens is 492 g/mol. The Morgan fingerprint density at radius 1 is 0.575 bits per heavy atom. The van der Waals surface area contributed by atoms with Crippen molar-refractivity contribution in [3.05, 3.63) is 168 Å². The topological polar surface area (TPSA) is 34.1 Å². The number of hydrogen-bond donors (Lipinski definition) is 0. The quantitative estimate of drug-likeness (QED) is 0.128. The first kappa shape index (κ1) is 26.5. The molecule has 40 heavy (non-hydrogen) atoms. The fourth-order valence-electron chi connectivity index (χ4n) is 4.22. The average molecular weight is 525 g/mol. The number of para-hydroxylation sites is 1. The molecule has 0 aliphatic rings. The van der Waals surface area contributed by atoms with Crippen molar-refractivity contribution in [3.8, 4) is 11.5 Å². The number of rotatable bonds is 11. The first-order chi connectivity index (χ1) is 19.7. The first-order valence-corrected chi connectivity index (χ1v) is 13.3. The number of anilines is 1. The van der Waals surface area contributed by atoms with E-state index in [2.05, 4.69) is 53.6 Å². The molecule has 5 aromatic carbocycles. The lowest BCUT2D eigenvalue weighted by Crippen LogP contribution is -2.07. The lowest BCUT2D eigenvalue weighted by molar-refractivity contribution is 0.306. The van der Waals surface area contributed by atoms with Crippen LogP contribution in [0.25, 0.3) is 5.57 Å². The van der Waals surface area contributed by atoms with E-state index in [4.69, 9.17) is 9.47 Å². The van der Waals surface area contributed by atoms with Crippen LogP contribution < -0.4 is 14.5 Å². The van der Waals surface area contributed by atoms with E-state index in [0.29, 0.717) is 13.2 Å². The number of nitrogens with zero attached hydrogens (tertiary/aromatic N) is 2. The molecule has 0 aromatic heterocycles. The van der Waals surface area contributed by atoms with Gasteiger partial charge in [0.25, 0.3) is 0 Å². The Labute approximate surface area is 236 Å². The van der Waals surface area contributed by atoms with Crippen molar-refractivity contribution in [2.24, 2.45) is 5.10 Å². The highest BCUT2D eigenvalue weighted by molar-refractivity contribution is 5.92. The Bertz CT molecular complexity index is 1420. The van der Waals surface area contributed by atoms with Crippen molar-refractivity contribution in [1.82, 2.24) is 0 Å². The van der Waals surface area contributed by atoms with Gasteiger partial charge in [0.1, 0.15) is 24.7 Å². The van der Waals surface area contributed by atoms with E-state index in [1.54, 1.807) is 0 Å². The lowest BCUT2D eigenvalue weighted by atomic mass is 9.97. The van der Waals surface area contributed by atoms with Gasteiger partial charge in [-0.1, -0.05) is 103 Å². The molecule has 5 rings (SSSR count). The van der Waals surface area contributed by atoms with E-state index in [1.165, 1.54) is 0 Å². The van der Waals surface area contributed by atoms with Gasteiger partial charge in [0.05, 0.1) is 5.69 Å². The monoisotopic (exact) mass is 524 g/mol. The van der Waals surface area contributed by atoms with E-state index >= 15 is 0 Å². The zero-order valence-electron chi connectivity index (χ0n) is 22.6. The SMILES string of the molecule is CN(N=CC=C(c1ccc(OCc2ccccc2)cc1)c1ccc(OCc2ccccc2)cc1)c1ccccc1. The fraction of sp³-hybridized carbons (Fsp3) is 0.0833. The highest BCUT2D eigenvalue weighted by atomic mass is 16.5. The first-order valence-electron chi connectivity index (χ1n) is 13.3. The number of ether oxygens (including phenoxy) is 2. The van der Waals surface area contributed by atoms with Crippen LogP contribution in [0.1, 0.15) is 22.3 Å². The van der Waals surface area contributed by atoms with Gasteiger partial charge in [-0.25, -0.2) is 0 Å². The van der Waals surface area contributed by atoms with Gasteiger partial charge in [-0.15, -0.1) is 0 Å². The molecule has 0 heterocycles. The predicted molar refractivity (Wildman–Crippen MR) is 165 cm³/mol. The highest BCUT2D eigenvalue weighted by Crippen LogP contribution is 2.27. The van der Waals surface area contributed by atoms with Crippen LogP contribution in [0.2, 0.25) is 0 Å². The second-order valence-corrected chi connectivity index (χ2v) is 9.30. The maximum atomic E-state index is 6.00. The zero-order valence-corrected chi connectivity index (χ0v) is 22.6. The molecule has 0 aliphatic carbocycles. The molecule has 0 saturated carbocycles. The van der Waals surface area contributed by atoms with Crippen LogP contribution in [-0.4, -0.2) is 13.3 Å². The van der Waals surface area contributed by atoms with Gasteiger partial charge in [-0.05, 0) is 70.3 Å². The molecule has 0 atom stereocenters. The smallest absolute Gasteiger partial charge is 0.119 e. The normalized spacial score (nSPS) is 10.7. The van der Waals surface area contributed by atoms with Crippen LogP contribution in [0.5, 0.6) is 11.5 Å². The minimum atomic E-state index is 0.534. The van der Waals surface area contributed by atoms with E-state index in [1.807, 2.05) is 115 Å². The van der Waals surface area contributed by atoms with Crippen LogP contribution in [0.3, 0.4) is 0 Å². The van der Waals surface area contributed by atoms with Gasteiger partial charge in [-0.3, -0.25) is 5.01 Å². The van der Waals surface area contributed by atoms with Crippen LogP contribution in [0.15, 0.2) is 151 Å². The molecule has 0 fully saturated rings. The largest absolute Gasteiger partial charge is 0.489 e. The number of benzene rings is 5. The van der Waals surface area contributed by atoms with Gasteiger partial charge in [0.2, 0.25) is 0 Å². The maximum absolute atomic E-state index is 6.00. The summed E-state index contributed by atoms with van der Waals surface area (Å²) in [4.78, 5) is 0. The summed E-state index contributed by atoms with van der Waals surface area (Å²) >= 11 is 0. The number of hydrazone groups is 1. The highest BCUT2D eigenvalue weighted by Gasteiger charge is 2.07. The van der Waals surface area contributed by atoms with Crippen molar-refractivity contribution >= 4 is 17.5 Å². The van der Waals surface area contributed by atoms with E-state index in [-0.39, 0.29) is 0 Å². The van der Waals surface area contributed by atoms with Crippen molar-refractivity contribution < 1.29 is 9.47 Å². The minimum Gasteiger partial charge on any atom is -0.489 e. The summed E-state index contributed by atoms with van der Waals surface area (Å²) in [7, 11) is 1.94. The second-order valence-electron chi connectivity index (χ2n) is 9.30. The lowest BCUT2D eigenvalue weighted by Gasteiger charge is -2.13. The third-order valence-electron chi connectivity index (χ3n) is 6.44. The molecular formula is C36H32N2O2. The summed E-state index contributed by atoms with van der Waals surface area (Å²) in [6.07, 6.45) is 3.88. The van der Waals surface area contributed by atoms with E-state index in [0.717, 1.165) is 45.0 Å². The van der Waals surface area contributed by atoms with Crippen molar-refractivity contribution in [2.45, 2.75) is 13.2 Å². The molecule has 0 radical (unpaired) electrons. The minimum absolute atomic E-state index is 0.534. The molecule has 4 heteroatoms. The Morgan fingerprint density at radius 2 is 1.00 bits per heavy atom. The standard InChI is InChI=1S/C36H32N2O2/c1-38(33-15-9-4-10-16-33)37-26-25-36(31-17-21-34(22-18-31)39-27-29-11-5-2-6-12-29)32-19-23-35(24-20-32)40-28-30-13-7-3-8-14-30/h2-26H,27-28H2,1H3. The molecule has 0 unspecified atom stereocenters. The third-order valence-corrected chi connectivity index (χ3v) is 6.44. The van der Waals surface area contributed by atoms with Gasteiger partial charge in [0, 0.05) is 13.3 Å². The van der Waals surface area contributed by atoms with Gasteiger partial charge < -0.3 is 9.47 Å². The van der Waals surface area contributed by atoms with Crippen LogP contribution in [-0.2, 0) is 13.2 Å².